The van der Waals surface area contributed by atoms with Gasteiger partial charge >= 0.3 is 11.4 Å². The average Bonchev–Trinajstić information content (AvgIpc) is 2.38. The molecular formula is C10H12ClN3O6S. The molecule has 0 atom stereocenters. The SMILES string of the molecule is CCN(CC)c1c([N+](=O)[O-])cc(S(=O)(=O)Cl)cc1[N+](=O)[O-]. The Morgan fingerprint density at radius 1 is 1.10 bits per heavy atom. The Morgan fingerprint density at radius 3 is 1.71 bits per heavy atom. The van der Waals surface area contributed by atoms with E-state index in [1.165, 1.54) is 4.90 Å². The average molecular weight is 338 g/mol. The van der Waals surface area contributed by atoms with Crippen LogP contribution in [-0.4, -0.2) is 31.4 Å². The van der Waals surface area contributed by atoms with Gasteiger partial charge in [-0.05, 0) is 13.8 Å². The Hall–Kier alpha value is -1.94. The fourth-order valence-electron chi connectivity index (χ4n) is 1.86. The zero-order valence-electron chi connectivity index (χ0n) is 11.1. The van der Waals surface area contributed by atoms with Gasteiger partial charge in [-0.25, -0.2) is 8.42 Å². The largest absolute Gasteiger partial charge is 0.361 e. The van der Waals surface area contributed by atoms with Crippen LogP contribution in [0.1, 0.15) is 13.8 Å². The maximum atomic E-state index is 11.3. The predicted octanol–water partition coefficient (Wildman–Crippen LogP) is 2.28. The van der Waals surface area contributed by atoms with Crippen LogP contribution in [0.2, 0.25) is 0 Å². The predicted molar refractivity (Wildman–Crippen MR) is 76.4 cm³/mol. The van der Waals surface area contributed by atoms with E-state index < -0.39 is 35.2 Å². The van der Waals surface area contributed by atoms with E-state index in [9.17, 15) is 28.6 Å². The Morgan fingerprint density at radius 2 is 1.48 bits per heavy atom. The van der Waals surface area contributed by atoms with Crippen molar-refractivity contribution in [2.45, 2.75) is 18.7 Å². The van der Waals surface area contributed by atoms with Crippen molar-refractivity contribution in [3.05, 3.63) is 32.4 Å². The second kappa shape index (κ2) is 6.22. The van der Waals surface area contributed by atoms with Gasteiger partial charge in [0, 0.05) is 35.9 Å². The number of nitro groups is 2. The van der Waals surface area contributed by atoms with Crippen molar-refractivity contribution in [1.29, 1.82) is 0 Å². The van der Waals surface area contributed by atoms with E-state index in [-0.39, 0.29) is 18.8 Å². The molecule has 116 valence electrons. The minimum atomic E-state index is -4.33. The topological polar surface area (TPSA) is 124 Å². The second-order valence-corrected chi connectivity index (χ2v) is 6.50. The molecule has 0 bridgehead atoms. The molecule has 0 unspecified atom stereocenters. The van der Waals surface area contributed by atoms with Crippen LogP contribution in [0.4, 0.5) is 17.1 Å². The fourth-order valence-corrected chi connectivity index (χ4v) is 2.63. The third-order valence-corrected chi connectivity index (χ3v) is 4.13. The lowest BCUT2D eigenvalue weighted by atomic mass is 10.2. The van der Waals surface area contributed by atoms with Crippen LogP contribution in [0.3, 0.4) is 0 Å². The first-order valence-electron chi connectivity index (χ1n) is 5.79. The molecular weight excluding hydrogens is 326 g/mol. The molecule has 0 radical (unpaired) electrons. The van der Waals surface area contributed by atoms with E-state index in [4.69, 9.17) is 10.7 Å². The number of nitro benzene ring substituents is 2. The van der Waals surface area contributed by atoms with Crippen LogP contribution in [0.5, 0.6) is 0 Å². The lowest BCUT2D eigenvalue weighted by molar-refractivity contribution is -0.393. The Labute approximate surface area is 124 Å². The molecule has 0 aliphatic rings. The van der Waals surface area contributed by atoms with Crippen molar-refractivity contribution in [3.63, 3.8) is 0 Å². The highest BCUT2D eigenvalue weighted by Crippen LogP contribution is 2.40. The smallest absolute Gasteiger partial charge is 0.301 e. The molecule has 0 N–H and O–H groups in total. The van der Waals surface area contributed by atoms with Gasteiger partial charge in [0.25, 0.3) is 9.05 Å². The van der Waals surface area contributed by atoms with E-state index in [1.807, 2.05) is 0 Å². The van der Waals surface area contributed by atoms with Gasteiger partial charge in [0.05, 0.1) is 14.7 Å². The highest BCUT2D eigenvalue weighted by atomic mass is 35.7. The molecule has 1 rings (SSSR count). The lowest BCUT2D eigenvalue weighted by Gasteiger charge is -2.20. The van der Waals surface area contributed by atoms with Crippen LogP contribution in [0.25, 0.3) is 0 Å². The Bertz CT molecular complexity index is 651. The van der Waals surface area contributed by atoms with Crippen LogP contribution in [0.15, 0.2) is 17.0 Å². The molecule has 1 aromatic rings. The molecule has 1 aromatic carbocycles. The van der Waals surface area contributed by atoms with E-state index in [2.05, 4.69) is 0 Å². The number of halogens is 1. The maximum absolute atomic E-state index is 11.3. The van der Waals surface area contributed by atoms with Gasteiger partial charge in [-0.3, -0.25) is 20.2 Å². The van der Waals surface area contributed by atoms with Crippen LogP contribution in [0, 0.1) is 20.2 Å². The number of anilines is 1. The number of hydrogen-bond donors (Lipinski definition) is 0. The van der Waals surface area contributed by atoms with E-state index in [0.29, 0.717) is 0 Å². The van der Waals surface area contributed by atoms with Gasteiger partial charge in [0.2, 0.25) is 0 Å². The highest BCUT2D eigenvalue weighted by Gasteiger charge is 2.32. The Balaban J connectivity index is 3.83. The van der Waals surface area contributed by atoms with Crippen LogP contribution in [-0.2, 0) is 9.05 Å². The fraction of sp³-hybridized carbons (Fsp3) is 0.400. The summed E-state index contributed by atoms with van der Waals surface area (Å²) in [4.78, 5) is 21.2. The summed E-state index contributed by atoms with van der Waals surface area (Å²) in [6.07, 6.45) is 0. The summed E-state index contributed by atoms with van der Waals surface area (Å²) in [6, 6.07) is 1.45. The minimum Gasteiger partial charge on any atom is -0.361 e. The summed E-state index contributed by atoms with van der Waals surface area (Å²) in [5.41, 5.74) is -1.58. The van der Waals surface area contributed by atoms with Crippen molar-refractivity contribution in [2.75, 3.05) is 18.0 Å². The van der Waals surface area contributed by atoms with Crippen LogP contribution < -0.4 is 4.90 Å². The van der Waals surface area contributed by atoms with E-state index >= 15 is 0 Å². The van der Waals surface area contributed by atoms with E-state index in [1.54, 1.807) is 13.8 Å². The first-order chi connectivity index (χ1) is 9.63. The quantitative estimate of drug-likeness (QED) is 0.443. The van der Waals surface area contributed by atoms with Crippen molar-refractivity contribution < 1.29 is 18.3 Å². The summed E-state index contributed by atoms with van der Waals surface area (Å²) in [5.74, 6) is 0. The van der Waals surface area contributed by atoms with Gasteiger partial charge in [-0.1, -0.05) is 0 Å². The summed E-state index contributed by atoms with van der Waals surface area (Å²) in [6.45, 7) is 3.91. The van der Waals surface area contributed by atoms with Crippen molar-refractivity contribution in [3.8, 4) is 0 Å². The Kier molecular flexibility index (Phi) is 5.07. The third kappa shape index (κ3) is 3.58. The molecule has 0 saturated heterocycles. The first kappa shape index (κ1) is 17.1. The molecule has 0 aliphatic carbocycles. The van der Waals surface area contributed by atoms with E-state index in [0.717, 1.165) is 12.1 Å². The van der Waals surface area contributed by atoms with Gasteiger partial charge in [0.1, 0.15) is 0 Å². The number of nitrogens with zero attached hydrogens (tertiary/aromatic N) is 3. The maximum Gasteiger partial charge on any atom is 0.301 e. The normalized spacial score (nSPS) is 11.2. The molecule has 0 saturated carbocycles. The summed E-state index contributed by atoms with van der Waals surface area (Å²) >= 11 is 0. The highest BCUT2D eigenvalue weighted by molar-refractivity contribution is 8.13. The zero-order valence-corrected chi connectivity index (χ0v) is 12.7. The molecule has 0 aromatic heterocycles. The molecule has 11 heteroatoms. The standard InChI is InChI=1S/C10H12ClN3O6S/c1-3-12(4-2)10-8(13(15)16)5-7(21(11,19)20)6-9(10)14(17)18/h5-6H,3-4H2,1-2H3. The van der Waals surface area contributed by atoms with Gasteiger partial charge in [0.15, 0.2) is 5.69 Å². The number of rotatable bonds is 6. The van der Waals surface area contributed by atoms with Gasteiger partial charge in [-0.2, -0.15) is 0 Å². The lowest BCUT2D eigenvalue weighted by Crippen LogP contribution is -2.24. The van der Waals surface area contributed by atoms with Crippen molar-refractivity contribution in [2.24, 2.45) is 0 Å². The van der Waals surface area contributed by atoms with Gasteiger partial charge in [-0.15, -0.1) is 0 Å². The van der Waals surface area contributed by atoms with Gasteiger partial charge < -0.3 is 4.90 Å². The summed E-state index contributed by atoms with van der Waals surface area (Å²) in [7, 11) is 0.799. The number of benzene rings is 1. The number of hydrogen-bond acceptors (Lipinski definition) is 7. The molecule has 0 spiro atoms. The van der Waals surface area contributed by atoms with Crippen molar-refractivity contribution in [1.82, 2.24) is 0 Å². The zero-order chi connectivity index (χ0) is 16.4. The molecule has 0 amide bonds. The molecule has 0 fully saturated rings. The summed E-state index contributed by atoms with van der Waals surface area (Å²) in [5, 5.41) is 22.3. The monoisotopic (exact) mass is 337 g/mol. The molecule has 0 heterocycles. The molecule has 0 aliphatic heterocycles. The second-order valence-electron chi connectivity index (χ2n) is 3.93. The third-order valence-electron chi connectivity index (χ3n) is 2.80. The summed E-state index contributed by atoms with van der Waals surface area (Å²) < 4.78 is 22.6. The van der Waals surface area contributed by atoms with Crippen LogP contribution >= 0.6 is 10.7 Å². The molecule has 21 heavy (non-hydrogen) atoms. The minimum absolute atomic E-state index is 0.237. The molecule has 9 nitrogen and oxygen atoms in total. The first-order valence-corrected chi connectivity index (χ1v) is 8.10. The van der Waals surface area contributed by atoms with Crippen molar-refractivity contribution >= 4 is 36.8 Å².